The number of carbonyl (C=O) groups excluding carboxylic acids is 2. The third kappa shape index (κ3) is 6.93. The first-order chi connectivity index (χ1) is 10.0. The summed E-state index contributed by atoms with van der Waals surface area (Å²) in [6.07, 6.45) is 3.38. The number of rotatable bonds is 9. The zero-order chi connectivity index (χ0) is 15.7. The molecular weight excluding hydrogens is 266 g/mol. The van der Waals surface area contributed by atoms with Gasteiger partial charge in [-0.25, -0.2) is 0 Å². The third-order valence-electron chi connectivity index (χ3n) is 3.32. The average molecular weight is 291 g/mol. The monoisotopic (exact) mass is 291 g/mol. The van der Waals surface area contributed by atoms with E-state index in [0.29, 0.717) is 12.2 Å². The quantitative estimate of drug-likeness (QED) is 0.703. The van der Waals surface area contributed by atoms with Crippen molar-refractivity contribution < 1.29 is 14.3 Å². The van der Waals surface area contributed by atoms with Crippen molar-refractivity contribution in [1.29, 1.82) is 0 Å². The SMILES string of the molecule is CCCCN(C)C(=O)COc1ccc(CCC(C)=O)cc1. The van der Waals surface area contributed by atoms with Crippen molar-refractivity contribution in [2.75, 3.05) is 20.2 Å². The van der Waals surface area contributed by atoms with Gasteiger partial charge in [0.1, 0.15) is 11.5 Å². The second kappa shape index (κ2) is 9.16. The lowest BCUT2D eigenvalue weighted by atomic mass is 10.1. The molecule has 0 unspecified atom stereocenters. The van der Waals surface area contributed by atoms with Gasteiger partial charge in [0, 0.05) is 20.0 Å². The van der Waals surface area contributed by atoms with Gasteiger partial charge in [-0.1, -0.05) is 25.5 Å². The van der Waals surface area contributed by atoms with Gasteiger partial charge in [0.25, 0.3) is 5.91 Å². The first-order valence-electron chi connectivity index (χ1n) is 7.48. The summed E-state index contributed by atoms with van der Waals surface area (Å²) in [5.74, 6) is 0.860. The zero-order valence-corrected chi connectivity index (χ0v) is 13.2. The number of nitrogens with zero attached hydrogens (tertiary/aromatic N) is 1. The number of likely N-dealkylation sites (N-methyl/N-ethyl adjacent to an activating group) is 1. The summed E-state index contributed by atoms with van der Waals surface area (Å²) in [6, 6.07) is 7.55. The normalized spacial score (nSPS) is 10.2. The largest absolute Gasteiger partial charge is 0.484 e. The topological polar surface area (TPSA) is 46.6 Å². The van der Waals surface area contributed by atoms with Crippen LogP contribution >= 0.6 is 0 Å². The second-order valence-corrected chi connectivity index (χ2v) is 5.30. The standard InChI is InChI=1S/C17H25NO3/c1-4-5-12-18(3)17(20)13-21-16-10-8-15(9-11-16)7-6-14(2)19/h8-11H,4-7,12-13H2,1-3H3. The predicted molar refractivity (Wildman–Crippen MR) is 83.5 cm³/mol. The number of aryl methyl sites for hydroxylation is 1. The van der Waals surface area contributed by atoms with Crippen LogP contribution in [0.1, 0.15) is 38.7 Å². The van der Waals surface area contributed by atoms with Gasteiger partial charge in [-0.3, -0.25) is 4.79 Å². The Bertz CT molecular complexity index is 454. The van der Waals surface area contributed by atoms with Crippen molar-refractivity contribution in [3.63, 3.8) is 0 Å². The summed E-state index contributed by atoms with van der Waals surface area (Å²) in [7, 11) is 1.80. The molecule has 0 heterocycles. The number of benzene rings is 1. The van der Waals surface area contributed by atoms with E-state index in [4.69, 9.17) is 4.74 Å². The maximum atomic E-state index is 11.8. The number of ether oxygens (including phenoxy) is 1. The summed E-state index contributed by atoms with van der Waals surface area (Å²) >= 11 is 0. The molecule has 21 heavy (non-hydrogen) atoms. The fraction of sp³-hybridized carbons (Fsp3) is 0.529. The van der Waals surface area contributed by atoms with E-state index in [1.54, 1.807) is 18.9 Å². The number of amides is 1. The van der Waals surface area contributed by atoms with Crippen LogP contribution in [0.4, 0.5) is 0 Å². The van der Waals surface area contributed by atoms with E-state index in [9.17, 15) is 9.59 Å². The van der Waals surface area contributed by atoms with Gasteiger partial charge < -0.3 is 14.4 Å². The van der Waals surface area contributed by atoms with Crippen molar-refractivity contribution in [3.05, 3.63) is 29.8 Å². The predicted octanol–water partition coefficient (Wildman–Crippen LogP) is 2.85. The van der Waals surface area contributed by atoms with Crippen LogP contribution in [-0.4, -0.2) is 36.8 Å². The maximum absolute atomic E-state index is 11.8. The Labute approximate surface area is 127 Å². The number of unbranched alkanes of at least 4 members (excludes halogenated alkanes) is 1. The Balaban J connectivity index is 2.38. The minimum atomic E-state index is -0.0101. The molecule has 0 saturated carbocycles. The molecule has 1 rings (SSSR count). The first-order valence-corrected chi connectivity index (χ1v) is 7.48. The Morgan fingerprint density at radius 1 is 1.19 bits per heavy atom. The molecule has 0 spiro atoms. The Hall–Kier alpha value is -1.84. The van der Waals surface area contributed by atoms with Gasteiger partial charge in [-0.05, 0) is 37.5 Å². The van der Waals surface area contributed by atoms with E-state index in [1.165, 1.54) is 0 Å². The lowest BCUT2D eigenvalue weighted by Crippen LogP contribution is -2.32. The van der Waals surface area contributed by atoms with Crippen LogP contribution in [0, 0.1) is 0 Å². The molecule has 0 aliphatic rings. The van der Waals surface area contributed by atoms with Crippen molar-refractivity contribution in [1.82, 2.24) is 4.90 Å². The van der Waals surface area contributed by atoms with Crippen molar-refractivity contribution in [2.45, 2.75) is 39.5 Å². The minimum absolute atomic E-state index is 0.0101. The number of hydrogen-bond acceptors (Lipinski definition) is 3. The zero-order valence-electron chi connectivity index (χ0n) is 13.2. The summed E-state index contributed by atoms with van der Waals surface area (Å²) in [6.45, 7) is 4.52. The smallest absolute Gasteiger partial charge is 0.260 e. The lowest BCUT2D eigenvalue weighted by Gasteiger charge is -2.17. The van der Waals surface area contributed by atoms with Crippen LogP contribution in [0.25, 0.3) is 0 Å². The Kier molecular flexibility index (Phi) is 7.51. The molecule has 0 aliphatic carbocycles. The van der Waals surface area contributed by atoms with Gasteiger partial charge in [-0.15, -0.1) is 0 Å². The molecule has 0 N–H and O–H groups in total. The summed E-state index contributed by atoms with van der Waals surface area (Å²) in [5, 5.41) is 0. The molecular formula is C17H25NO3. The molecule has 4 nitrogen and oxygen atoms in total. The van der Waals surface area contributed by atoms with Crippen LogP contribution < -0.4 is 4.74 Å². The lowest BCUT2D eigenvalue weighted by molar-refractivity contribution is -0.132. The van der Waals surface area contributed by atoms with E-state index in [-0.39, 0.29) is 18.3 Å². The van der Waals surface area contributed by atoms with Crippen LogP contribution in [0.3, 0.4) is 0 Å². The summed E-state index contributed by atoms with van der Waals surface area (Å²) < 4.78 is 5.49. The highest BCUT2D eigenvalue weighted by atomic mass is 16.5. The van der Waals surface area contributed by atoms with E-state index in [2.05, 4.69) is 6.92 Å². The molecule has 1 aromatic carbocycles. The molecule has 0 saturated heterocycles. The van der Waals surface area contributed by atoms with E-state index >= 15 is 0 Å². The number of ketones is 1. The highest BCUT2D eigenvalue weighted by Crippen LogP contribution is 2.13. The first kappa shape index (κ1) is 17.2. The Morgan fingerprint density at radius 3 is 2.43 bits per heavy atom. The number of hydrogen-bond donors (Lipinski definition) is 0. The fourth-order valence-corrected chi connectivity index (χ4v) is 1.85. The van der Waals surface area contributed by atoms with Gasteiger partial charge in [0.15, 0.2) is 6.61 Å². The maximum Gasteiger partial charge on any atom is 0.260 e. The van der Waals surface area contributed by atoms with Crippen LogP contribution in [0.2, 0.25) is 0 Å². The molecule has 0 aliphatic heterocycles. The van der Waals surface area contributed by atoms with Crippen LogP contribution in [0.5, 0.6) is 5.75 Å². The highest BCUT2D eigenvalue weighted by molar-refractivity contribution is 5.77. The summed E-state index contributed by atoms with van der Waals surface area (Å²) in [5.41, 5.74) is 1.10. The van der Waals surface area contributed by atoms with Crippen molar-refractivity contribution in [2.24, 2.45) is 0 Å². The molecule has 0 atom stereocenters. The number of carbonyl (C=O) groups is 2. The third-order valence-corrected chi connectivity index (χ3v) is 3.32. The molecule has 0 aromatic heterocycles. The molecule has 116 valence electrons. The van der Waals surface area contributed by atoms with E-state index < -0.39 is 0 Å². The molecule has 0 fully saturated rings. The fourth-order valence-electron chi connectivity index (χ4n) is 1.85. The van der Waals surface area contributed by atoms with Crippen LogP contribution in [0.15, 0.2) is 24.3 Å². The van der Waals surface area contributed by atoms with Crippen molar-refractivity contribution >= 4 is 11.7 Å². The van der Waals surface area contributed by atoms with E-state index in [0.717, 1.165) is 31.4 Å². The second-order valence-electron chi connectivity index (χ2n) is 5.30. The van der Waals surface area contributed by atoms with Gasteiger partial charge in [-0.2, -0.15) is 0 Å². The van der Waals surface area contributed by atoms with Gasteiger partial charge in [0.2, 0.25) is 0 Å². The van der Waals surface area contributed by atoms with E-state index in [1.807, 2.05) is 24.3 Å². The van der Waals surface area contributed by atoms with Crippen molar-refractivity contribution in [3.8, 4) is 5.75 Å². The molecule has 1 amide bonds. The highest BCUT2D eigenvalue weighted by Gasteiger charge is 2.08. The number of Topliss-reactive ketones (excluding diaryl/α,β-unsaturated/α-hetero) is 1. The van der Waals surface area contributed by atoms with Crippen LogP contribution in [-0.2, 0) is 16.0 Å². The molecule has 1 aromatic rings. The average Bonchev–Trinajstić information content (AvgIpc) is 2.49. The molecule has 0 bridgehead atoms. The van der Waals surface area contributed by atoms with Gasteiger partial charge >= 0.3 is 0 Å². The van der Waals surface area contributed by atoms with Gasteiger partial charge in [0.05, 0.1) is 0 Å². The summed E-state index contributed by atoms with van der Waals surface area (Å²) in [4.78, 5) is 24.5. The Morgan fingerprint density at radius 2 is 1.86 bits per heavy atom. The molecule has 4 heteroatoms. The minimum Gasteiger partial charge on any atom is -0.484 e. The molecule has 0 radical (unpaired) electrons.